The van der Waals surface area contributed by atoms with Gasteiger partial charge in [0.1, 0.15) is 11.6 Å². The van der Waals surface area contributed by atoms with E-state index in [1.54, 1.807) is 24.3 Å². The summed E-state index contributed by atoms with van der Waals surface area (Å²) in [5.41, 5.74) is 3.41. The van der Waals surface area contributed by atoms with Gasteiger partial charge in [-0.15, -0.1) is 0 Å². The van der Waals surface area contributed by atoms with Crippen LogP contribution in [0.1, 0.15) is 27.0 Å². The normalized spacial score (nSPS) is 11.2. The van der Waals surface area contributed by atoms with Crippen LogP contribution < -0.4 is 5.56 Å². The lowest BCUT2D eigenvalue weighted by atomic mass is 9.99. The third-order valence-corrected chi connectivity index (χ3v) is 6.31. The first-order valence-corrected chi connectivity index (χ1v) is 11.0. The van der Waals surface area contributed by atoms with Gasteiger partial charge < -0.3 is 0 Å². The predicted molar refractivity (Wildman–Crippen MR) is 123 cm³/mol. The first-order valence-electron chi connectivity index (χ1n) is 9.97. The maximum absolute atomic E-state index is 14.6. The Morgan fingerprint density at radius 2 is 1.69 bits per heavy atom. The Bertz CT molecular complexity index is 1430. The summed E-state index contributed by atoms with van der Waals surface area (Å²) in [6.45, 7) is 5.81. The number of fused-ring (bicyclic) bond motifs is 1. The molecule has 0 N–H and O–H groups in total. The van der Waals surface area contributed by atoms with Crippen molar-refractivity contribution in [3.05, 3.63) is 98.8 Å². The summed E-state index contributed by atoms with van der Waals surface area (Å²) in [4.78, 5) is 30.7. The molecule has 0 aliphatic carbocycles. The number of carbonyl (C=O) groups is 1. The Labute approximate surface area is 187 Å². The zero-order chi connectivity index (χ0) is 23.0. The van der Waals surface area contributed by atoms with Gasteiger partial charge in [0.05, 0.1) is 22.3 Å². The van der Waals surface area contributed by atoms with E-state index in [0.717, 1.165) is 45.2 Å². The fourth-order valence-electron chi connectivity index (χ4n) is 3.55. The van der Waals surface area contributed by atoms with Crippen molar-refractivity contribution in [2.75, 3.05) is 5.75 Å². The highest BCUT2D eigenvalue weighted by Crippen LogP contribution is 2.25. The third-order valence-electron chi connectivity index (χ3n) is 5.37. The van der Waals surface area contributed by atoms with Gasteiger partial charge >= 0.3 is 0 Å². The number of benzene rings is 3. The minimum Gasteiger partial charge on any atom is -0.293 e. The van der Waals surface area contributed by atoms with Crippen LogP contribution in [0.4, 0.5) is 8.78 Å². The van der Waals surface area contributed by atoms with E-state index in [9.17, 15) is 18.4 Å². The van der Waals surface area contributed by atoms with Crippen LogP contribution in [0.25, 0.3) is 16.6 Å². The van der Waals surface area contributed by atoms with E-state index in [0.29, 0.717) is 16.5 Å². The van der Waals surface area contributed by atoms with Crippen LogP contribution in [-0.4, -0.2) is 21.1 Å². The second-order valence-corrected chi connectivity index (χ2v) is 8.55. The zero-order valence-corrected chi connectivity index (χ0v) is 18.6. The Morgan fingerprint density at radius 3 is 2.44 bits per heavy atom. The van der Waals surface area contributed by atoms with Crippen molar-refractivity contribution >= 4 is 28.4 Å². The molecule has 0 aliphatic heterocycles. The standard InChI is InChI=1S/C25H20F2N2O2S/c1-14-10-16(3)19(11-15(14)2)23(30)13-32-25-28-21-7-5-4-6-18(21)24(31)29(25)22-9-8-17(26)12-20(22)27/h4-12H,13H2,1-3H3. The molecule has 3 aromatic carbocycles. The van der Waals surface area contributed by atoms with E-state index in [4.69, 9.17) is 0 Å². The topological polar surface area (TPSA) is 52.0 Å². The Hall–Kier alpha value is -3.32. The van der Waals surface area contributed by atoms with Gasteiger partial charge in [0.25, 0.3) is 5.56 Å². The molecule has 1 heterocycles. The number of aromatic nitrogens is 2. The molecular weight excluding hydrogens is 430 g/mol. The summed E-state index contributed by atoms with van der Waals surface area (Å²) in [5.74, 6) is -1.74. The summed E-state index contributed by atoms with van der Waals surface area (Å²) in [6.07, 6.45) is 0. The average molecular weight is 451 g/mol. The average Bonchev–Trinajstić information content (AvgIpc) is 2.75. The van der Waals surface area contributed by atoms with Gasteiger partial charge in [0.2, 0.25) is 0 Å². The second-order valence-electron chi connectivity index (χ2n) is 7.61. The van der Waals surface area contributed by atoms with E-state index in [2.05, 4.69) is 4.98 Å². The SMILES string of the molecule is Cc1cc(C)c(C(=O)CSc2nc3ccccc3c(=O)n2-c2ccc(F)cc2F)cc1C. The molecule has 0 unspecified atom stereocenters. The van der Waals surface area contributed by atoms with E-state index >= 15 is 0 Å². The fourth-order valence-corrected chi connectivity index (χ4v) is 4.44. The highest BCUT2D eigenvalue weighted by Gasteiger charge is 2.19. The van der Waals surface area contributed by atoms with Gasteiger partial charge in [-0.3, -0.25) is 14.2 Å². The highest BCUT2D eigenvalue weighted by atomic mass is 32.2. The number of Topliss-reactive ketones (excluding diaryl/α,β-unsaturated/α-hetero) is 1. The van der Waals surface area contributed by atoms with Gasteiger partial charge in [-0.2, -0.15) is 0 Å². The molecule has 0 radical (unpaired) electrons. The molecular formula is C25H20F2N2O2S. The zero-order valence-electron chi connectivity index (χ0n) is 17.8. The molecule has 7 heteroatoms. The van der Waals surface area contributed by atoms with Crippen molar-refractivity contribution in [2.45, 2.75) is 25.9 Å². The maximum atomic E-state index is 14.6. The number of hydrogen-bond acceptors (Lipinski definition) is 4. The van der Waals surface area contributed by atoms with Gasteiger partial charge in [0, 0.05) is 11.6 Å². The summed E-state index contributed by atoms with van der Waals surface area (Å²) >= 11 is 1.05. The molecule has 4 nitrogen and oxygen atoms in total. The molecule has 0 fully saturated rings. The third kappa shape index (κ3) is 4.08. The molecule has 162 valence electrons. The van der Waals surface area contributed by atoms with E-state index in [1.165, 1.54) is 6.07 Å². The molecule has 4 aromatic rings. The van der Waals surface area contributed by atoms with E-state index in [-0.39, 0.29) is 22.4 Å². The maximum Gasteiger partial charge on any atom is 0.266 e. The van der Waals surface area contributed by atoms with Crippen LogP contribution in [0.5, 0.6) is 0 Å². The van der Waals surface area contributed by atoms with Crippen LogP contribution in [0, 0.1) is 32.4 Å². The van der Waals surface area contributed by atoms with Gasteiger partial charge in [-0.05, 0) is 67.8 Å². The van der Waals surface area contributed by atoms with Crippen LogP contribution in [0.3, 0.4) is 0 Å². The largest absolute Gasteiger partial charge is 0.293 e. The molecule has 0 saturated carbocycles. The predicted octanol–water partition coefficient (Wildman–Crippen LogP) is 5.56. The van der Waals surface area contributed by atoms with E-state index in [1.807, 2.05) is 32.9 Å². The number of carbonyl (C=O) groups excluding carboxylic acids is 1. The smallest absolute Gasteiger partial charge is 0.266 e. The fraction of sp³-hybridized carbons (Fsp3) is 0.160. The number of halogens is 2. The van der Waals surface area contributed by atoms with Gasteiger partial charge in [0.15, 0.2) is 10.9 Å². The summed E-state index contributed by atoms with van der Waals surface area (Å²) in [6, 6.07) is 13.5. The minimum atomic E-state index is -0.887. The number of thioether (sulfide) groups is 1. The monoisotopic (exact) mass is 450 g/mol. The first kappa shape index (κ1) is 21.9. The van der Waals surface area contributed by atoms with Crippen molar-refractivity contribution < 1.29 is 13.6 Å². The minimum absolute atomic E-state index is 0.0108. The Balaban J connectivity index is 1.79. The number of para-hydroxylation sites is 1. The quantitative estimate of drug-likeness (QED) is 0.227. The van der Waals surface area contributed by atoms with Crippen molar-refractivity contribution in [3.8, 4) is 5.69 Å². The second kappa shape index (κ2) is 8.67. The van der Waals surface area contributed by atoms with Crippen molar-refractivity contribution in [2.24, 2.45) is 0 Å². The number of rotatable bonds is 5. The molecule has 0 amide bonds. The van der Waals surface area contributed by atoms with Gasteiger partial charge in [-0.25, -0.2) is 13.8 Å². The van der Waals surface area contributed by atoms with Gasteiger partial charge in [-0.1, -0.05) is 30.0 Å². The lowest BCUT2D eigenvalue weighted by Crippen LogP contribution is -2.23. The highest BCUT2D eigenvalue weighted by molar-refractivity contribution is 7.99. The molecule has 0 saturated heterocycles. The van der Waals surface area contributed by atoms with Crippen LogP contribution in [-0.2, 0) is 0 Å². The van der Waals surface area contributed by atoms with Crippen LogP contribution in [0.15, 0.2) is 64.5 Å². The summed E-state index contributed by atoms with van der Waals surface area (Å²) < 4.78 is 29.2. The summed E-state index contributed by atoms with van der Waals surface area (Å²) in [7, 11) is 0. The number of aryl methyl sites for hydroxylation is 3. The Morgan fingerprint density at radius 1 is 0.969 bits per heavy atom. The first-order chi connectivity index (χ1) is 15.3. The van der Waals surface area contributed by atoms with Crippen molar-refractivity contribution in [1.82, 2.24) is 9.55 Å². The lowest BCUT2D eigenvalue weighted by molar-refractivity contribution is 0.102. The molecule has 0 spiro atoms. The molecule has 4 rings (SSSR count). The van der Waals surface area contributed by atoms with Crippen LogP contribution >= 0.6 is 11.8 Å². The van der Waals surface area contributed by atoms with Crippen molar-refractivity contribution in [3.63, 3.8) is 0 Å². The summed E-state index contributed by atoms with van der Waals surface area (Å²) in [5, 5.41) is 0.464. The number of hydrogen-bond donors (Lipinski definition) is 0. The van der Waals surface area contributed by atoms with E-state index < -0.39 is 17.2 Å². The molecule has 32 heavy (non-hydrogen) atoms. The van der Waals surface area contributed by atoms with Crippen molar-refractivity contribution in [1.29, 1.82) is 0 Å². The number of nitrogens with zero attached hydrogens (tertiary/aromatic N) is 2. The molecule has 1 aromatic heterocycles. The molecule has 0 bridgehead atoms. The number of ketones is 1. The molecule has 0 aliphatic rings. The van der Waals surface area contributed by atoms with Crippen LogP contribution in [0.2, 0.25) is 0 Å². The lowest BCUT2D eigenvalue weighted by Gasteiger charge is -2.14. The molecule has 0 atom stereocenters. The Kier molecular flexibility index (Phi) is 5.93.